The van der Waals surface area contributed by atoms with Crippen LogP contribution in [0.4, 0.5) is 0 Å². The minimum Gasteiger partial charge on any atom is -0.152 e. The van der Waals surface area contributed by atoms with Crippen molar-refractivity contribution in [1.82, 2.24) is 0 Å². The zero-order valence-electron chi connectivity index (χ0n) is 8.46. The molecular weight excluding hydrogens is 244 g/mol. The molecule has 2 atom stereocenters. The van der Waals surface area contributed by atoms with Crippen LogP contribution in [0, 0.1) is 11.8 Å². The number of hydrogen-bond acceptors (Lipinski definition) is 1. The smallest absolute Gasteiger partial charge is 0.0151 e. The van der Waals surface area contributed by atoms with Gasteiger partial charge in [-0.3, -0.25) is 0 Å². The van der Waals surface area contributed by atoms with Gasteiger partial charge in [0.1, 0.15) is 0 Å². The highest BCUT2D eigenvalue weighted by molar-refractivity contribution is 9.09. The van der Waals surface area contributed by atoms with Crippen LogP contribution >= 0.6 is 27.3 Å². The fourth-order valence-electron chi connectivity index (χ4n) is 1.61. The molecule has 0 aromatic carbocycles. The highest BCUT2D eigenvalue weighted by Gasteiger charge is 2.18. The van der Waals surface area contributed by atoms with Crippen LogP contribution in [-0.4, -0.2) is 4.83 Å². The van der Waals surface area contributed by atoms with Crippen molar-refractivity contribution < 1.29 is 0 Å². The monoisotopic (exact) mass is 260 g/mol. The molecule has 0 radical (unpaired) electrons. The first kappa shape index (κ1) is 11.3. The van der Waals surface area contributed by atoms with Crippen molar-refractivity contribution in [3.8, 4) is 0 Å². The molecule has 1 rings (SSSR count). The molecule has 0 aliphatic heterocycles. The summed E-state index contributed by atoms with van der Waals surface area (Å²) < 4.78 is 0. The van der Waals surface area contributed by atoms with Gasteiger partial charge < -0.3 is 0 Å². The molecule has 0 spiro atoms. The fraction of sp³-hybridized carbons (Fsp3) is 0.636. The molecule has 0 saturated heterocycles. The minimum absolute atomic E-state index is 0.604. The van der Waals surface area contributed by atoms with Crippen LogP contribution in [0.25, 0.3) is 0 Å². The van der Waals surface area contributed by atoms with Gasteiger partial charge in [0.2, 0.25) is 0 Å². The number of halogens is 1. The van der Waals surface area contributed by atoms with Crippen molar-refractivity contribution in [2.75, 3.05) is 0 Å². The summed E-state index contributed by atoms with van der Waals surface area (Å²) in [5, 5.41) is 4.41. The Kier molecular flexibility index (Phi) is 4.47. The Labute approximate surface area is 93.5 Å². The summed E-state index contributed by atoms with van der Waals surface area (Å²) in [5.74, 6) is 1.49. The van der Waals surface area contributed by atoms with Crippen molar-refractivity contribution in [1.29, 1.82) is 0 Å². The maximum atomic E-state index is 3.69. The third kappa shape index (κ3) is 3.43. The summed E-state index contributed by atoms with van der Waals surface area (Å²) >= 11 is 5.48. The lowest BCUT2D eigenvalue weighted by atomic mass is 9.88. The maximum Gasteiger partial charge on any atom is 0.0151 e. The topological polar surface area (TPSA) is 0 Å². The molecule has 1 aromatic heterocycles. The van der Waals surface area contributed by atoms with Gasteiger partial charge in [-0.05, 0) is 40.6 Å². The largest absolute Gasteiger partial charge is 0.152 e. The van der Waals surface area contributed by atoms with Crippen LogP contribution in [0.3, 0.4) is 0 Å². The average Bonchev–Trinajstić information content (AvgIpc) is 2.50. The Balaban J connectivity index is 2.58. The van der Waals surface area contributed by atoms with Crippen molar-refractivity contribution in [2.45, 2.75) is 32.0 Å². The molecule has 1 heterocycles. The number of alkyl halides is 1. The zero-order valence-corrected chi connectivity index (χ0v) is 10.9. The fourth-order valence-corrected chi connectivity index (χ4v) is 3.09. The molecule has 0 N–H and O–H groups in total. The van der Waals surface area contributed by atoms with E-state index < -0.39 is 0 Å². The van der Waals surface area contributed by atoms with Gasteiger partial charge in [0.25, 0.3) is 0 Å². The second-order valence-corrected chi connectivity index (χ2v) is 6.15. The van der Waals surface area contributed by atoms with E-state index in [0.29, 0.717) is 4.83 Å². The lowest BCUT2D eigenvalue weighted by molar-refractivity contribution is 0.384. The number of thiophene rings is 1. The van der Waals surface area contributed by atoms with Crippen LogP contribution in [0.15, 0.2) is 16.8 Å². The van der Waals surface area contributed by atoms with Gasteiger partial charge in [0.05, 0.1) is 0 Å². The lowest BCUT2D eigenvalue weighted by Gasteiger charge is -2.23. The van der Waals surface area contributed by atoms with E-state index in [1.165, 1.54) is 12.0 Å². The molecule has 0 aliphatic carbocycles. The zero-order chi connectivity index (χ0) is 9.84. The molecule has 1 aromatic rings. The van der Waals surface area contributed by atoms with E-state index in [2.05, 4.69) is 53.5 Å². The molecule has 0 fully saturated rings. The van der Waals surface area contributed by atoms with Crippen LogP contribution < -0.4 is 0 Å². The van der Waals surface area contributed by atoms with Crippen LogP contribution in [-0.2, 0) is 6.42 Å². The second-order valence-electron chi connectivity index (χ2n) is 3.92. The first-order chi connectivity index (χ1) is 6.11. The van der Waals surface area contributed by atoms with E-state index >= 15 is 0 Å². The molecule has 0 aliphatic rings. The number of hydrogen-bond donors (Lipinski definition) is 0. The van der Waals surface area contributed by atoms with E-state index in [-0.39, 0.29) is 0 Å². The average molecular weight is 261 g/mol. The van der Waals surface area contributed by atoms with Crippen LogP contribution in [0.1, 0.15) is 26.3 Å². The van der Waals surface area contributed by atoms with Gasteiger partial charge in [0, 0.05) is 4.83 Å². The molecule has 0 saturated carbocycles. The Morgan fingerprint density at radius 2 is 2.08 bits per heavy atom. The quantitative estimate of drug-likeness (QED) is 0.707. The first-order valence-corrected chi connectivity index (χ1v) is 6.62. The molecule has 74 valence electrons. The molecule has 0 amide bonds. The third-order valence-electron chi connectivity index (χ3n) is 2.50. The molecule has 0 nitrogen and oxygen atoms in total. The molecule has 2 unspecified atom stereocenters. The lowest BCUT2D eigenvalue weighted by Crippen LogP contribution is -2.19. The normalized spacial score (nSPS) is 16.1. The van der Waals surface area contributed by atoms with E-state index in [0.717, 1.165) is 11.8 Å². The summed E-state index contributed by atoms with van der Waals surface area (Å²) in [5.41, 5.74) is 1.48. The van der Waals surface area contributed by atoms with E-state index in [9.17, 15) is 0 Å². The van der Waals surface area contributed by atoms with Crippen LogP contribution in [0.2, 0.25) is 0 Å². The Morgan fingerprint density at radius 3 is 2.46 bits per heavy atom. The number of rotatable bonds is 4. The van der Waals surface area contributed by atoms with Gasteiger partial charge >= 0.3 is 0 Å². The SMILES string of the molecule is CC(C)C(Cc1ccsc1)C(C)Br. The molecule has 0 bridgehead atoms. The predicted octanol–water partition coefficient (Wildman–Crippen LogP) is 4.35. The summed E-state index contributed by atoms with van der Waals surface area (Å²) in [7, 11) is 0. The standard InChI is InChI=1S/C11H17BrS/c1-8(2)11(9(3)12)6-10-4-5-13-7-10/h4-5,7-9,11H,6H2,1-3H3. The predicted molar refractivity (Wildman–Crippen MR) is 64.7 cm³/mol. The van der Waals surface area contributed by atoms with E-state index in [4.69, 9.17) is 0 Å². The van der Waals surface area contributed by atoms with E-state index in [1.807, 2.05) is 0 Å². The Bertz CT molecular complexity index is 218. The highest BCUT2D eigenvalue weighted by Crippen LogP contribution is 2.26. The van der Waals surface area contributed by atoms with Gasteiger partial charge in [-0.25, -0.2) is 0 Å². The third-order valence-corrected chi connectivity index (χ3v) is 3.91. The Hall–Kier alpha value is 0.180. The second kappa shape index (κ2) is 5.16. The van der Waals surface area contributed by atoms with Gasteiger partial charge in [0.15, 0.2) is 0 Å². The molecular formula is C11H17BrS. The van der Waals surface area contributed by atoms with Crippen LogP contribution in [0.5, 0.6) is 0 Å². The van der Waals surface area contributed by atoms with E-state index in [1.54, 1.807) is 11.3 Å². The van der Waals surface area contributed by atoms with Gasteiger partial charge in [-0.1, -0.05) is 36.7 Å². The molecule has 2 heteroatoms. The maximum absolute atomic E-state index is 3.69. The van der Waals surface area contributed by atoms with Crippen molar-refractivity contribution in [3.05, 3.63) is 22.4 Å². The van der Waals surface area contributed by atoms with Crippen molar-refractivity contribution in [3.63, 3.8) is 0 Å². The summed E-state index contributed by atoms with van der Waals surface area (Å²) in [4.78, 5) is 0.604. The minimum atomic E-state index is 0.604. The highest BCUT2D eigenvalue weighted by atomic mass is 79.9. The first-order valence-electron chi connectivity index (χ1n) is 4.76. The Morgan fingerprint density at radius 1 is 1.38 bits per heavy atom. The molecule has 13 heavy (non-hydrogen) atoms. The van der Waals surface area contributed by atoms with Crippen molar-refractivity contribution >= 4 is 27.3 Å². The van der Waals surface area contributed by atoms with Gasteiger partial charge in [-0.2, -0.15) is 11.3 Å². The summed E-state index contributed by atoms with van der Waals surface area (Å²) in [6, 6.07) is 2.23. The summed E-state index contributed by atoms with van der Waals surface area (Å²) in [6.45, 7) is 6.85. The van der Waals surface area contributed by atoms with Crippen molar-refractivity contribution in [2.24, 2.45) is 11.8 Å². The van der Waals surface area contributed by atoms with Gasteiger partial charge in [-0.15, -0.1) is 0 Å². The summed E-state index contributed by atoms with van der Waals surface area (Å²) in [6.07, 6.45) is 1.20.